The molecule has 0 aliphatic carbocycles. The third kappa shape index (κ3) is 1.75. The third-order valence-electron chi connectivity index (χ3n) is 1.68. The summed E-state index contributed by atoms with van der Waals surface area (Å²) in [5.41, 5.74) is 5.38. The van der Waals surface area contributed by atoms with Crippen molar-refractivity contribution in [3.05, 3.63) is 32.4 Å². The Hall–Kier alpha value is -1.42. The normalized spacial score (nSPS) is 9.14. The fourth-order valence-electron chi connectivity index (χ4n) is 1.07. The minimum absolute atomic E-state index is 0.00519. The Morgan fingerprint density at radius 2 is 2.21 bits per heavy atom. The van der Waals surface area contributed by atoms with Gasteiger partial charge in [0, 0.05) is 9.13 Å². The molecule has 0 fully saturated rings. The number of carbonyl (C=O) groups is 2. The molecular weight excluding hydrogens is 295 g/mol. The summed E-state index contributed by atoms with van der Waals surface area (Å²) in [5.74, 6) is -0.762. The monoisotopic (exact) mass is 300 g/mol. The summed E-state index contributed by atoms with van der Waals surface area (Å²) in [6, 6.07) is 4.88. The van der Waals surface area contributed by atoms with Gasteiger partial charge in [0.15, 0.2) is 6.29 Å². The second-order valence-electron chi connectivity index (χ2n) is 2.48. The lowest BCUT2D eigenvalue weighted by Crippen LogP contribution is -2.16. The van der Waals surface area contributed by atoms with E-state index in [4.69, 9.17) is 11.0 Å². The summed E-state index contributed by atoms with van der Waals surface area (Å²) in [4.78, 5) is 21.7. The van der Waals surface area contributed by atoms with Crippen molar-refractivity contribution >= 4 is 34.8 Å². The number of carbonyl (C=O) groups excluding carboxylic acids is 2. The highest BCUT2D eigenvalue weighted by atomic mass is 127. The first-order chi connectivity index (χ1) is 6.61. The van der Waals surface area contributed by atoms with Crippen LogP contribution in [0.3, 0.4) is 0 Å². The van der Waals surface area contributed by atoms with Crippen LogP contribution in [0.1, 0.15) is 26.3 Å². The summed E-state index contributed by atoms with van der Waals surface area (Å²) in [6.07, 6.45) is 0.530. The van der Waals surface area contributed by atoms with Gasteiger partial charge in [-0.3, -0.25) is 9.59 Å². The maximum absolute atomic E-state index is 11.0. The average molecular weight is 300 g/mol. The number of halogens is 1. The van der Waals surface area contributed by atoms with Gasteiger partial charge in [0.2, 0.25) is 0 Å². The van der Waals surface area contributed by atoms with Gasteiger partial charge in [-0.05, 0) is 34.7 Å². The van der Waals surface area contributed by atoms with Gasteiger partial charge >= 0.3 is 0 Å². The van der Waals surface area contributed by atoms with Crippen molar-refractivity contribution in [3.8, 4) is 6.07 Å². The van der Waals surface area contributed by atoms with Gasteiger partial charge in [0.05, 0.1) is 17.2 Å². The summed E-state index contributed by atoms with van der Waals surface area (Å²) in [7, 11) is 0. The molecule has 1 aromatic carbocycles. The Bertz CT molecular complexity index is 449. The van der Waals surface area contributed by atoms with E-state index < -0.39 is 5.91 Å². The first-order valence-electron chi connectivity index (χ1n) is 3.59. The average Bonchev–Trinajstić information content (AvgIpc) is 2.17. The summed E-state index contributed by atoms with van der Waals surface area (Å²) >= 11 is 1.90. The van der Waals surface area contributed by atoms with Gasteiger partial charge < -0.3 is 5.73 Å². The number of amides is 1. The third-order valence-corrected chi connectivity index (χ3v) is 2.62. The highest BCUT2D eigenvalue weighted by Crippen LogP contribution is 2.18. The van der Waals surface area contributed by atoms with Crippen LogP contribution in [0.2, 0.25) is 0 Å². The zero-order valence-electron chi connectivity index (χ0n) is 6.95. The number of nitriles is 1. The number of benzene rings is 1. The van der Waals surface area contributed by atoms with Gasteiger partial charge in [-0.15, -0.1) is 0 Å². The molecule has 0 saturated heterocycles. The first kappa shape index (κ1) is 10.7. The number of nitrogens with two attached hydrogens (primary N) is 1. The van der Waals surface area contributed by atoms with Crippen LogP contribution in [0, 0.1) is 14.9 Å². The molecule has 14 heavy (non-hydrogen) atoms. The van der Waals surface area contributed by atoms with Crippen molar-refractivity contribution < 1.29 is 9.59 Å². The molecule has 1 rings (SSSR count). The quantitative estimate of drug-likeness (QED) is 0.655. The fourth-order valence-corrected chi connectivity index (χ4v) is 1.64. The van der Waals surface area contributed by atoms with Crippen LogP contribution >= 0.6 is 22.6 Å². The number of rotatable bonds is 2. The van der Waals surface area contributed by atoms with Crippen molar-refractivity contribution in [1.29, 1.82) is 5.26 Å². The van der Waals surface area contributed by atoms with Gasteiger partial charge in [-0.1, -0.05) is 0 Å². The molecule has 5 heteroatoms. The highest BCUT2D eigenvalue weighted by Gasteiger charge is 2.15. The second-order valence-corrected chi connectivity index (χ2v) is 3.64. The number of hydrogen-bond acceptors (Lipinski definition) is 3. The molecule has 0 unspecified atom stereocenters. The van der Waals surface area contributed by atoms with E-state index in [1.807, 2.05) is 28.7 Å². The molecule has 0 spiro atoms. The molecular formula is C9H5IN2O2. The zero-order valence-corrected chi connectivity index (χ0v) is 9.11. The van der Waals surface area contributed by atoms with Crippen LogP contribution in [0.25, 0.3) is 0 Å². The van der Waals surface area contributed by atoms with E-state index in [1.54, 1.807) is 6.07 Å². The zero-order chi connectivity index (χ0) is 10.7. The molecule has 0 atom stereocenters. The highest BCUT2D eigenvalue weighted by molar-refractivity contribution is 14.1. The summed E-state index contributed by atoms with van der Waals surface area (Å²) in [6.45, 7) is 0. The van der Waals surface area contributed by atoms with Crippen LogP contribution in [0.15, 0.2) is 12.1 Å². The van der Waals surface area contributed by atoms with Gasteiger partial charge in [0.25, 0.3) is 5.91 Å². The lowest BCUT2D eigenvalue weighted by atomic mass is 10.0. The van der Waals surface area contributed by atoms with Crippen LogP contribution in [-0.4, -0.2) is 12.2 Å². The van der Waals surface area contributed by atoms with E-state index >= 15 is 0 Å². The van der Waals surface area contributed by atoms with E-state index in [0.717, 1.165) is 0 Å². The minimum Gasteiger partial charge on any atom is -0.366 e. The predicted molar refractivity (Wildman–Crippen MR) is 57.8 cm³/mol. The smallest absolute Gasteiger partial charge is 0.250 e. The van der Waals surface area contributed by atoms with Crippen LogP contribution in [0.4, 0.5) is 0 Å². The molecule has 0 aromatic heterocycles. The Morgan fingerprint density at radius 3 is 2.64 bits per heavy atom. The van der Waals surface area contributed by atoms with Crippen LogP contribution in [-0.2, 0) is 0 Å². The molecule has 2 N–H and O–H groups in total. The van der Waals surface area contributed by atoms with E-state index in [9.17, 15) is 9.59 Å². The molecule has 0 bridgehead atoms. The number of hydrogen-bond donors (Lipinski definition) is 1. The van der Waals surface area contributed by atoms with Crippen molar-refractivity contribution in [3.63, 3.8) is 0 Å². The minimum atomic E-state index is -0.762. The van der Waals surface area contributed by atoms with Crippen LogP contribution in [0.5, 0.6) is 0 Å². The van der Waals surface area contributed by atoms with Crippen molar-refractivity contribution in [2.24, 2.45) is 5.73 Å². The van der Waals surface area contributed by atoms with Gasteiger partial charge in [-0.25, -0.2) is 0 Å². The largest absolute Gasteiger partial charge is 0.366 e. The Balaban J connectivity index is 3.62. The van der Waals surface area contributed by atoms with E-state index in [-0.39, 0.29) is 16.7 Å². The maximum atomic E-state index is 11.0. The molecule has 0 aliphatic heterocycles. The van der Waals surface area contributed by atoms with Crippen molar-refractivity contribution in [2.45, 2.75) is 0 Å². The topological polar surface area (TPSA) is 83.9 Å². The SMILES string of the molecule is N#Cc1ccc(I)c(C=O)c1C(N)=O. The van der Waals surface area contributed by atoms with Crippen LogP contribution < -0.4 is 5.73 Å². The van der Waals surface area contributed by atoms with E-state index in [1.165, 1.54) is 6.07 Å². The van der Waals surface area contributed by atoms with Gasteiger partial charge in [-0.2, -0.15) is 5.26 Å². The standard InChI is InChI=1S/C9H5IN2O2/c10-7-2-1-5(3-11)8(9(12)14)6(7)4-13/h1-2,4H,(H2,12,14). The Labute approximate surface area is 93.8 Å². The number of aldehydes is 1. The van der Waals surface area contributed by atoms with Gasteiger partial charge in [0.1, 0.15) is 0 Å². The Morgan fingerprint density at radius 1 is 1.57 bits per heavy atom. The fraction of sp³-hybridized carbons (Fsp3) is 0. The predicted octanol–water partition coefficient (Wildman–Crippen LogP) is 1.07. The Kier molecular flexibility index (Phi) is 3.19. The van der Waals surface area contributed by atoms with Crippen molar-refractivity contribution in [1.82, 2.24) is 0 Å². The molecule has 70 valence electrons. The first-order valence-corrected chi connectivity index (χ1v) is 4.67. The molecule has 1 aromatic rings. The second kappa shape index (κ2) is 4.19. The molecule has 0 radical (unpaired) electrons. The van der Waals surface area contributed by atoms with E-state index in [0.29, 0.717) is 9.86 Å². The molecule has 4 nitrogen and oxygen atoms in total. The lowest BCUT2D eigenvalue weighted by Gasteiger charge is -2.04. The molecule has 1 amide bonds. The van der Waals surface area contributed by atoms with E-state index in [2.05, 4.69) is 0 Å². The molecule has 0 heterocycles. The maximum Gasteiger partial charge on any atom is 0.250 e. The summed E-state index contributed by atoms with van der Waals surface area (Å²) in [5, 5.41) is 8.70. The molecule has 0 saturated carbocycles. The number of primary amides is 1. The number of nitrogens with zero attached hydrogens (tertiary/aromatic N) is 1. The molecule has 0 aliphatic rings. The van der Waals surface area contributed by atoms with Crippen molar-refractivity contribution in [2.75, 3.05) is 0 Å². The summed E-state index contributed by atoms with van der Waals surface area (Å²) < 4.78 is 0.602. The lowest BCUT2D eigenvalue weighted by molar-refractivity contribution is 0.0992.